The smallest absolute Gasteiger partial charge is 0.302 e. The molecule has 0 radical (unpaired) electrons. The monoisotopic (exact) mass is 1550 g/mol. The Morgan fingerprint density at radius 1 is 0.343 bits per heavy atom. The van der Waals surface area contributed by atoms with Crippen molar-refractivity contribution in [3.63, 3.8) is 0 Å². The molecule has 0 spiro atoms. The Kier molecular flexibility index (Phi) is 46.0. The van der Waals surface area contributed by atoms with Crippen molar-refractivity contribution in [3.8, 4) is 0 Å². The molecule has 108 heavy (non-hydrogen) atoms. The highest BCUT2D eigenvalue weighted by molar-refractivity contribution is 5.79. The lowest BCUT2D eigenvalue weighted by Gasteiger charge is -2.50. The van der Waals surface area contributed by atoms with Crippen LogP contribution in [-0.4, -0.2) is 303 Å². The van der Waals surface area contributed by atoms with Crippen molar-refractivity contribution in [2.45, 2.75) is 182 Å². The first-order chi connectivity index (χ1) is 51.2. The molecule has 9 N–H and O–H groups in total. The van der Waals surface area contributed by atoms with E-state index in [2.05, 4.69) is 37.2 Å². The summed E-state index contributed by atoms with van der Waals surface area (Å²) >= 11 is 0. The molecule has 36 heteroatoms. The van der Waals surface area contributed by atoms with E-state index < -0.39 is 89.7 Å². The second-order valence-electron chi connectivity index (χ2n) is 27.8. The van der Waals surface area contributed by atoms with Gasteiger partial charge in [-0.3, -0.25) is 47.9 Å². The third kappa shape index (κ3) is 36.9. The van der Waals surface area contributed by atoms with Gasteiger partial charge in [0.05, 0.1) is 182 Å². The number of amides is 7. The van der Waals surface area contributed by atoms with Crippen LogP contribution >= 0.6 is 0 Å². The van der Waals surface area contributed by atoms with Crippen molar-refractivity contribution in [1.82, 2.24) is 37.2 Å². The van der Waals surface area contributed by atoms with Gasteiger partial charge in [0.15, 0.2) is 17.4 Å². The predicted octanol–water partition coefficient (Wildman–Crippen LogP) is -0.117. The molecule has 3 aliphatic heterocycles. The lowest BCUT2D eigenvalue weighted by atomic mass is 9.78. The van der Waals surface area contributed by atoms with Gasteiger partial charge in [0.1, 0.15) is 25.4 Å². The topological polar surface area (TPSA) is 447 Å². The normalized spacial score (nSPS) is 26.7. The van der Waals surface area contributed by atoms with Crippen molar-refractivity contribution >= 4 is 59.3 Å². The molecule has 0 aromatic heterocycles. The number of hydrogen-bond acceptors (Lipinski definition) is 29. The van der Waals surface area contributed by atoms with Crippen LogP contribution in [-0.2, 0) is 133 Å². The quantitative estimate of drug-likeness (QED) is 0.0224. The number of nitrogens with two attached hydrogens (primary N) is 1. The summed E-state index contributed by atoms with van der Waals surface area (Å²) in [4.78, 5) is 123. The SMILES string of the molecule is CC(=O)NC1[C@@H](C)[C@@H](C)C(COC(C)=O)O[C@]1(C)OCCOCCOCCNC(=O)CCOCC(COCCC(=O)NCCOCCOCCO[C@@]1(C)OC(COC(C)=O)[C@H](C)[C@H](C)C1NC(C)=O)(COCCC(=O)NCCOCCOCCO[C@@]1(C)OC(COC(C)=O)[C@H](C)[C@H](C)C1NC(C)=O)NC(=O)CN. The molecule has 3 aliphatic rings. The van der Waals surface area contributed by atoms with E-state index in [0.29, 0.717) is 0 Å². The zero-order valence-corrected chi connectivity index (χ0v) is 66.4. The zero-order valence-electron chi connectivity index (χ0n) is 66.4. The standard InChI is InChI=1S/C72H128N8O28/c1-47-50(4)66(77-53(7)81)69(13,106-59(47)41-100-56(10)84)103-37-34-94-31-28-91-25-19-74-62(87)16-22-97-44-72(80-65(90)40-73,45-98-23-17-63(88)75-20-26-92-29-32-95-35-38-104-70(14)67(78-54(8)82)51(5)48(2)60(107-70)42-101-57(11)85)46-99-24-18-64(89)76-21-27-93-30-33-96-36-39-105-71(15)68(79-55(9)83)52(6)49(3)61(108-71)43-102-58(12)86/h47-52,59-61,66-68H,16-46,73H2,1-15H3,(H,74,87)(H,75,88)(H,76,89)(H,77,81)(H,78,82)(H,79,83)(H,80,90)/t47-,48-,49-,50+,51+,52+,59?,60?,61?,66?,67?,68?,69+,70+,71+,72?/m1/s1. The lowest BCUT2D eigenvalue weighted by Crippen LogP contribution is -2.65. The number of ether oxygens (including phenoxy) is 18. The van der Waals surface area contributed by atoms with E-state index in [4.69, 9.17) is 91.0 Å². The van der Waals surface area contributed by atoms with Crippen LogP contribution < -0.4 is 43.0 Å². The van der Waals surface area contributed by atoms with Gasteiger partial charge in [-0.05, 0) is 56.3 Å². The van der Waals surface area contributed by atoms with Gasteiger partial charge in [0.25, 0.3) is 0 Å². The van der Waals surface area contributed by atoms with Crippen LogP contribution in [0.4, 0.5) is 0 Å². The molecular formula is C72H128N8O28. The summed E-state index contributed by atoms with van der Waals surface area (Å²) in [5.41, 5.74) is 4.35. The summed E-state index contributed by atoms with van der Waals surface area (Å²) in [5.74, 6) is -7.74. The van der Waals surface area contributed by atoms with Gasteiger partial charge in [0.2, 0.25) is 41.4 Å². The predicted molar refractivity (Wildman–Crippen MR) is 386 cm³/mol. The van der Waals surface area contributed by atoms with Gasteiger partial charge in [-0.25, -0.2) is 0 Å². The molecule has 36 nitrogen and oxygen atoms in total. The number of nitrogens with one attached hydrogen (secondary N) is 7. The fraction of sp³-hybridized carbons (Fsp3) is 0.861. The first-order valence-corrected chi connectivity index (χ1v) is 37.4. The fourth-order valence-corrected chi connectivity index (χ4v) is 12.6. The van der Waals surface area contributed by atoms with Crippen LogP contribution in [0.3, 0.4) is 0 Å². The third-order valence-electron chi connectivity index (χ3n) is 18.9. The van der Waals surface area contributed by atoms with Crippen LogP contribution in [0.15, 0.2) is 0 Å². The molecule has 3 fully saturated rings. The highest BCUT2D eigenvalue weighted by atomic mass is 16.7. The van der Waals surface area contributed by atoms with E-state index in [1.165, 1.54) is 41.5 Å². The maximum absolute atomic E-state index is 13.0. The van der Waals surface area contributed by atoms with E-state index in [-0.39, 0.29) is 268 Å². The van der Waals surface area contributed by atoms with Crippen LogP contribution in [0.5, 0.6) is 0 Å². The van der Waals surface area contributed by atoms with Gasteiger partial charge in [-0.2, -0.15) is 0 Å². The van der Waals surface area contributed by atoms with Gasteiger partial charge < -0.3 is 128 Å². The second-order valence-corrected chi connectivity index (χ2v) is 27.8. The Morgan fingerprint density at radius 3 is 0.833 bits per heavy atom. The molecule has 3 rings (SSSR count). The van der Waals surface area contributed by atoms with Crippen molar-refractivity contribution in [1.29, 1.82) is 0 Å². The number of carbonyl (C=O) groups is 10. The van der Waals surface area contributed by atoms with Crippen LogP contribution in [0.2, 0.25) is 0 Å². The van der Waals surface area contributed by atoms with E-state index in [1.807, 2.05) is 41.5 Å². The van der Waals surface area contributed by atoms with Crippen molar-refractivity contribution < 1.29 is 133 Å². The summed E-state index contributed by atoms with van der Waals surface area (Å²) in [7, 11) is 0. The van der Waals surface area contributed by atoms with E-state index in [9.17, 15) is 47.9 Å². The van der Waals surface area contributed by atoms with Gasteiger partial charge in [-0.15, -0.1) is 0 Å². The largest absolute Gasteiger partial charge is 0.463 e. The van der Waals surface area contributed by atoms with E-state index in [0.717, 1.165) is 0 Å². The Morgan fingerprint density at radius 2 is 0.593 bits per heavy atom. The molecule has 0 aromatic carbocycles. The minimum Gasteiger partial charge on any atom is -0.463 e. The Hall–Kier alpha value is -5.94. The highest BCUT2D eigenvalue weighted by Crippen LogP contribution is 2.41. The third-order valence-corrected chi connectivity index (χ3v) is 18.9. The minimum absolute atomic E-state index is 0.0408. The summed E-state index contributed by atoms with van der Waals surface area (Å²) in [5, 5.41) is 20.0. The molecule has 15 atom stereocenters. The first kappa shape index (κ1) is 96.3. The highest BCUT2D eigenvalue weighted by Gasteiger charge is 2.53. The molecule has 3 heterocycles. The molecule has 7 amide bonds. The Balaban J connectivity index is 1.46. The van der Waals surface area contributed by atoms with Crippen LogP contribution in [0.25, 0.3) is 0 Å². The second kappa shape index (κ2) is 51.6. The average molecular weight is 1550 g/mol. The summed E-state index contributed by atoms with van der Waals surface area (Å²) in [6, 6.07) is -1.45. The van der Waals surface area contributed by atoms with E-state index in [1.54, 1.807) is 20.8 Å². The van der Waals surface area contributed by atoms with Gasteiger partial charge in [0, 0.05) is 80.4 Å². The molecule has 0 saturated carbocycles. The summed E-state index contributed by atoms with van der Waals surface area (Å²) in [6.45, 7) is 27.3. The minimum atomic E-state index is -1.40. The fourth-order valence-electron chi connectivity index (χ4n) is 12.6. The molecular weight excluding hydrogens is 1420 g/mol. The number of carbonyl (C=O) groups excluding carboxylic acids is 10. The van der Waals surface area contributed by atoms with Crippen molar-refractivity contribution in [2.75, 3.05) is 185 Å². The maximum atomic E-state index is 13.0. The van der Waals surface area contributed by atoms with Gasteiger partial charge >= 0.3 is 17.9 Å². The number of hydrogen-bond donors (Lipinski definition) is 8. The number of esters is 3. The molecule has 624 valence electrons. The zero-order chi connectivity index (χ0) is 80.3. The van der Waals surface area contributed by atoms with Crippen LogP contribution in [0, 0.1) is 35.5 Å². The molecule has 0 aliphatic carbocycles. The molecule has 0 aromatic rings. The molecule has 3 saturated heterocycles. The number of rotatable bonds is 56. The van der Waals surface area contributed by atoms with Crippen molar-refractivity contribution in [3.05, 3.63) is 0 Å². The molecule has 0 bridgehead atoms. The summed E-state index contributed by atoms with van der Waals surface area (Å²) in [6.07, 6.45) is -1.60. The maximum Gasteiger partial charge on any atom is 0.302 e. The lowest BCUT2D eigenvalue weighted by molar-refractivity contribution is -0.311. The Labute approximate surface area is 635 Å². The van der Waals surface area contributed by atoms with Crippen LogP contribution in [0.1, 0.15) is 123 Å². The van der Waals surface area contributed by atoms with Crippen molar-refractivity contribution in [2.24, 2.45) is 41.2 Å². The average Bonchev–Trinajstić information content (AvgIpc) is 0.772. The van der Waals surface area contributed by atoms with Gasteiger partial charge in [-0.1, -0.05) is 41.5 Å². The summed E-state index contributed by atoms with van der Waals surface area (Å²) < 4.78 is 105. The Bertz CT molecular complexity index is 2440. The molecule has 6 unspecified atom stereocenters. The van der Waals surface area contributed by atoms with E-state index >= 15 is 0 Å². The first-order valence-electron chi connectivity index (χ1n) is 37.4.